The van der Waals surface area contributed by atoms with Crippen molar-refractivity contribution in [3.63, 3.8) is 0 Å². The van der Waals surface area contributed by atoms with E-state index in [1.54, 1.807) is 0 Å². The zero-order chi connectivity index (χ0) is 9.97. The molecule has 1 aromatic heterocycles. The van der Waals surface area contributed by atoms with Gasteiger partial charge in [-0.3, -0.25) is 0 Å². The lowest BCUT2D eigenvalue weighted by molar-refractivity contribution is 0.195. The van der Waals surface area contributed by atoms with Crippen molar-refractivity contribution in [3.8, 4) is 0 Å². The molecule has 2 rings (SSSR count). The predicted molar refractivity (Wildman–Crippen MR) is 59.5 cm³/mol. The third-order valence-electron chi connectivity index (χ3n) is 2.32. The summed E-state index contributed by atoms with van der Waals surface area (Å²) in [6.07, 6.45) is 2.88. The van der Waals surface area contributed by atoms with Gasteiger partial charge in [-0.1, -0.05) is 0 Å². The van der Waals surface area contributed by atoms with Gasteiger partial charge in [0.2, 0.25) is 0 Å². The van der Waals surface area contributed by atoms with Crippen LogP contribution in [0, 0.1) is 6.92 Å². The molecule has 1 unspecified atom stereocenters. The Labute approximate surface area is 92.0 Å². The maximum atomic E-state index is 5.29. The molecule has 0 aliphatic carbocycles. The van der Waals surface area contributed by atoms with Crippen LogP contribution in [0.2, 0.25) is 0 Å². The molecule has 1 N–H and O–H groups in total. The molecule has 1 fully saturated rings. The highest BCUT2D eigenvalue weighted by Crippen LogP contribution is 2.19. The zero-order valence-electron chi connectivity index (χ0n) is 8.09. The minimum absolute atomic E-state index is 0.419. The third-order valence-corrected chi connectivity index (χ3v) is 2.75. The maximum Gasteiger partial charge on any atom is 0.129 e. The molecule has 0 aromatic carbocycles. The normalized spacial score (nSPS) is 21.1. The molecule has 4 heteroatoms. The lowest BCUT2D eigenvalue weighted by atomic mass is 10.2. The van der Waals surface area contributed by atoms with Gasteiger partial charge in [0.25, 0.3) is 0 Å². The van der Waals surface area contributed by atoms with Crippen molar-refractivity contribution in [1.82, 2.24) is 4.98 Å². The number of halogens is 1. The van der Waals surface area contributed by atoms with Crippen LogP contribution in [-0.4, -0.2) is 24.2 Å². The third kappa shape index (κ3) is 2.25. The van der Waals surface area contributed by atoms with Crippen molar-refractivity contribution < 1.29 is 4.74 Å². The van der Waals surface area contributed by atoms with Crippen LogP contribution >= 0.6 is 15.9 Å². The molecule has 14 heavy (non-hydrogen) atoms. The molecule has 3 nitrogen and oxygen atoms in total. The molecule has 1 saturated heterocycles. The van der Waals surface area contributed by atoms with Crippen molar-refractivity contribution in [2.24, 2.45) is 0 Å². The van der Waals surface area contributed by atoms with E-state index in [4.69, 9.17) is 4.74 Å². The van der Waals surface area contributed by atoms with Crippen LogP contribution in [0.1, 0.15) is 12.0 Å². The second-order valence-corrected chi connectivity index (χ2v) is 4.44. The fourth-order valence-corrected chi connectivity index (χ4v) is 1.98. The molecule has 0 amide bonds. The number of nitrogens with one attached hydrogen (secondary N) is 1. The minimum Gasteiger partial charge on any atom is -0.379 e. The molecular weight excluding hydrogens is 244 g/mol. The second-order valence-electron chi connectivity index (χ2n) is 3.52. The summed E-state index contributed by atoms with van der Waals surface area (Å²) in [5.41, 5.74) is 1.16. The number of nitrogens with zero attached hydrogens (tertiary/aromatic N) is 1. The number of hydrogen-bond donors (Lipinski definition) is 1. The van der Waals surface area contributed by atoms with Gasteiger partial charge >= 0.3 is 0 Å². The Morgan fingerprint density at radius 1 is 1.64 bits per heavy atom. The van der Waals surface area contributed by atoms with Gasteiger partial charge < -0.3 is 10.1 Å². The zero-order valence-corrected chi connectivity index (χ0v) is 9.67. The molecule has 0 saturated carbocycles. The highest BCUT2D eigenvalue weighted by molar-refractivity contribution is 9.10. The predicted octanol–water partition coefficient (Wildman–Crippen LogP) is 2.35. The van der Waals surface area contributed by atoms with Gasteiger partial charge in [0, 0.05) is 17.3 Å². The Hall–Kier alpha value is -0.610. The summed E-state index contributed by atoms with van der Waals surface area (Å²) in [7, 11) is 0. The largest absolute Gasteiger partial charge is 0.379 e. The number of anilines is 1. The standard InChI is InChI=1S/C10H13BrN2O/c1-7-4-8(11)5-12-10(7)13-9-2-3-14-6-9/h4-5,9H,2-3,6H2,1H3,(H,12,13). The molecule has 0 bridgehead atoms. The van der Waals surface area contributed by atoms with Gasteiger partial charge in [-0.2, -0.15) is 0 Å². The monoisotopic (exact) mass is 256 g/mol. The second kappa shape index (κ2) is 4.28. The minimum atomic E-state index is 0.419. The number of hydrogen-bond acceptors (Lipinski definition) is 3. The number of aromatic nitrogens is 1. The molecule has 1 aliphatic heterocycles. The van der Waals surface area contributed by atoms with E-state index in [0.717, 1.165) is 35.5 Å². The van der Waals surface area contributed by atoms with Crippen molar-refractivity contribution >= 4 is 21.7 Å². The van der Waals surface area contributed by atoms with Crippen LogP contribution in [0.4, 0.5) is 5.82 Å². The molecule has 0 radical (unpaired) electrons. The molecule has 76 valence electrons. The Bertz CT molecular complexity index is 324. The van der Waals surface area contributed by atoms with E-state index in [-0.39, 0.29) is 0 Å². The van der Waals surface area contributed by atoms with E-state index in [9.17, 15) is 0 Å². The van der Waals surface area contributed by atoms with Crippen molar-refractivity contribution in [2.75, 3.05) is 18.5 Å². The topological polar surface area (TPSA) is 34.2 Å². The quantitative estimate of drug-likeness (QED) is 0.883. The lowest BCUT2D eigenvalue weighted by Gasteiger charge is -2.13. The van der Waals surface area contributed by atoms with Crippen LogP contribution in [0.5, 0.6) is 0 Å². The average molecular weight is 257 g/mol. The van der Waals surface area contributed by atoms with Gasteiger partial charge in [-0.25, -0.2) is 4.98 Å². The number of pyridine rings is 1. The number of aryl methyl sites for hydroxylation is 1. The van der Waals surface area contributed by atoms with Gasteiger partial charge in [-0.15, -0.1) is 0 Å². The summed E-state index contributed by atoms with van der Waals surface area (Å²) in [5.74, 6) is 0.962. The molecular formula is C10H13BrN2O. The summed E-state index contributed by atoms with van der Waals surface area (Å²) < 4.78 is 6.31. The van der Waals surface area contributed by atoms with E-state index in [2.05, 4.69) is 39.2 Å². The molecule has 1 aromatic rings. The lowest BCUT2D eigenvalue weighted by Crippen LogP contribution is -2.20. The number of ether oxygens (including phenoxy) is 1. The van der Waals surface area contributed by atoms with Gasteiger partial charge in [0.05, 0.1) is 12.6 Å². The first-order chi connectivity index (χ1) is 6.75. The summed E-state index contributed by atoms with van der Waals surface area (Å²) in [6.45, 7) is 3.69. The van der Waals surface area contributed by atoms with Crippen LogP contribution in [0.15, 0.2) is 16.7 Å². The molecule has 2 heterocycles. The van der Waals surface area contributed by atoms with E-state index < -0.39 is 0 Å². The van der Waals surface area contributed by atoms with Gasteiger partial charge in [-0.05, 0) is 40.9 Å². The van der Waals surface area contributed by atoms with Crippen LogP contribution in [0.25, 0.3) is 0 Å². The van der Waals surface area contributed by atoms with E-state index in [1.165, 1.54) is 0 Å². The van der Waals surface area contributed by atoms with Gasteiger partial charge in [0.15, 0.2) is 0 Å². The molecule has 0 spiro atoms. The van der Waals surface area contributed by atoms with Crippen molar-refractivity contribution in [3.05, 3.63) is 22.3 Å². The Morgan fingerprint density at radius 3 is 3.14 bits per heavy atom. The molecule has 1 aliphatic rings. The van der Waals surface area contributed by atoms with E-state index in [0.29, 0.717) is 6.04 Å². The Morgan fingerprint density at radius 2 is 2.50 bits per heavy atom. The summed E-state index contributed by atoms with van der Waals surface area (Å²) in [6, 6.07) is 2.48. The van der Waals surface area contributed by atoms with Crippen LogP contribution in [0.3, 0.4) is 0 Å². The SMILES string of the molecule is Cc1cc(Br)cnc1NC1CCOC1. The fourth-order valence-electron chi connectivity index (χ4n) is 1.53. The summed E-state index contributed by atoms with van der Waals surface area (Å²) in [4.78, 5) is 4.33. The van der Waals surface area contributed by atoms with E-state index in [1.807, 2.05) is 6.20 Å². The number of rotatable bonds is 2. The summed E-state index contributed by atoms with van der Waals surface area (Å²) in [5, 5.41) is 3.38. The van der Waals surface area contributed by atoms with Gasteiger partial charge in [0.1, 0.15) is 5.82 Å². The Kier molecular flexibility index (Phi) is 3.03. The maximum absolute atomic E-state index is 5.29. The first-order valence-electron chi connectivity index (χ1n) is 4.72. The van der Waals surface area contributed by atoms with Crippen molar-refractivity contribution in [2.45, 2.75) is 19.4 Å². The average Bonchev–Trinajstić information content (AvgIpc) is 2.62. The van der Waals surface area contributed by atoms with E-state index >= 15 is 0 Å². The summed E-state index contributed by atoms with van der Waals surface area (Å²) >= 11 is 3.39. The first kappa shape index (κ1) is 9.93. The van der Waals surface area contributed by atoms with Crippen LogP contribution < -0.4 is 5.32 Å². The van der Waals surface area contributed by atoms with Crippen LogP contribution in [-0.2, 0) is 4.74 Å². The fraction of sp³-hybridized carbons (Fsp3) is 0.500. The van der Waals surface area contributed by atoms with Crippen molar-refractivity contribution in [1.29, 1.82) is 0 Å². The highest BCUT2D eigenvalue weighted by atomic mass is 79.9. The highest BCUT2D eigenvalue weighted by Gasteiger charge is 2.16. The smallest absolute Gasteiger partial charge is 0.129 e. The molecule has 1 atom stereocenters. The Balaban J connectivity index is 2.08. The first-order valence-corrected chi connectivity index (χ1v) is 5.51.